The Balaban J connectivity index is 2.45. The van der Waals surface area contributed by atoms with E-state index in [0.717, 1.165) is 24.6 Å². The number of alkyl halides is 3. The van der Waals surface area contributed by atoms with Gasteiger partial charge in [-0.05, 0) is 18.1 Å². The molecule has 0 fully saturated rings. The van der Waals surface area contributed by atoms with Gasteiger partial charge in [0.2, 0.25) is 5.60 Å². The molecule has 0 aromatic heterocycles. The van der Waals surface area contributed by atoms with Gasteiger partial charge in [0.25, 0.3) is 0 Å². The summed E-state index contributed by atoms with van der Waals surface area (Å²) in [6, 6.07) is 14.2. The number of benzene rings is 2. The van der Waals surface area contributed by atoms with Gasteiger partial charge in [-0.15, -0.1) is 0 Å². The van der Waals surface area contributed by atoms with Crippen molar-refractivity contribution >= 4 is 5.78 Å². The smallest absolute Gasteiger partial charge is 0.370 e. The molecule has 0 aliphatic rings. The highest BCUT2D eigenvalue weighted by Crippen LogP contribution is 2.40. The van der Waals surface area contributed by atoms with Gasteiger partial charge in [-0.25, -0.2) is 0 Å². The predicted molar refractivity (Wildman–Crippen MR) is 72.5 cm³/mol. The van der Waals surface area contributed by atoms with Crippen LogP contribution in [-0.4, -0.2) is 17.1 Å². The molecule has 2 nitrogen and oxygen atoms in total. The van der Waals surface area contributed by atoms with Crippen molar-refractivity contribution < 1.29 is 23.1 Å². The standard InChI is InChI=1S/C16H13F3O2/c1-11(20)15(21,16(17,18)19)14-9-7-13(8-10-14)12-5-3-2-4-6-12/h2-10,21H,1H3/t15-/m1/s1. The first-order valence-electron chi connectivity index (χ1n) is 6.23. The fraction of sp³-hybridized carbons (Fsp3) is 0.188. The number of ketones is 1. The maximum atomic E-state index is 13.0. The average molecular weight is 294 g/mol. The maximum absolute atomic E-state index is 13.0. The van der Waals surface area contributed by atoms with Crippen molar-refractivity contribution in [3.8, 4) is 11.1 Å². The van der Waals surface area contributed by atoms with Crippen LogP contribution in [0.15, 0.2) is 54.6 Å². The van der Waals surface area contributed by atoms with Gasteiger partial charge in [-0.1, -0.05) is 54.6 Å². The number of rotatable bonds is 3. The topological polar surface area (TPSA) is 37.3 Å². The zero-order chi connectivity index (χ0) is 15.7. The summed E-state index contributed by atoms with van der Waals surface area (Å²) in [5.41, 5.74) is -2.42. The molecule has 0 amide bonds. The number of hydrogen-bond donors (Lipinski definition) is 1. The molecule has 110 valence electrons. The Hall–Kier alpha value is -2.14. The Bertz CT molecular complexity index is 633. The van der Waals surface area contributed by atoms with E-state index in [1.165, 1.54) is 12.1 Å². The summed E-state index contributed by atoms with van der Waals surface area (Å²) >= 11 is 0. The molecule has 1 atom stereocenters. The Morgan fingerprint density at radius 2 is 1.38 bits per heavy atom. The zero-order valence-corrected chi connectivity index (χ0v) is 11.2. The highest BCUT2D eigenvalue weighted by atomic mass is 19.4. The molecule has 0 saturated carbocycles. The van der Waals surface area contributed by atoms with Crippen LogP contribution in [0.4, 0.5) is 13.2 Å². The summed E-state index contributed by atoms with van der Waals surface area (Å²) in [5.74, 6) is -1.36. The highest BCUT2D eigenvalue weighted by molar-refractivity contribution is 5.87. The molecule has 0 saturated heterocycles. The quantitative estimate of drug-likeness (QED) is 0.937. The molecule has 21 heavy (non-hydrogen) atoms. The number of carbonyl (C=O) groups excluding carboxylic acids is 1. The Morgan fingerprint density at radius 3 is 1.81 bits per heavy atom. The first kappa shape index (κ1) is 15.3. The molecule has 0 aliphatic heterocycles. The SMILES string of the molecule is CC(=O)[C@@](O)(c1ccc(-c2ccccc2)cc1)C(F)(F)F. The van der Waals surface area contributed by atoms with Gasteiger partial charge < -0.3 is 5.11 Å². The van der Waals surface area contributed by atoms with Crippen LogP contribution in [0.1, 0.15) is 12.5 Å². The molecular weight excluding hydrogens is 281 g/mol. The fourth-order valence-electron chi connectivity index (χ4n) is 2.10. The molecule has 5 heteroatoms. The summed E-state index contributed by atoms with van der Waals surface area (Å²) in [5, 5.41) is 9.78. The van der Waals surface area contributed by atoms with E-state index in [4.69, 9.17) is 0 Å². The lowest BCUT2D eigenvalue weighted by atomic mass is 9.88. The third-order valence-electron chi connectivity index (χ3n) is 3.33. The molecule has 0 unspecified atom stereocenters. The van der Waals surface area contributed by atoms with Crippen LogP contribution in [-0.2, 0) is 10.4 Å². The first-order chi connectivity index (χ1) is 9.76. The minimum atomic E-state index is -5.06. The van der Waals surface area contributed by atoms with E-state index in [1.807, 2.05) is 30.3 Å². The lowest BCUT2D eigenvalue weighted by Gasteiger charge is -2.28. The van der Waals surface area contributed by atoms with Crippen LogP contribution >= 0.6 is 0 Å². The summed E-state index contributed by atoms with van der Waals surface area (Å²) in [4.78, 5) is 11.3. The lowest BCUT2D eigenvalue weighted by Crippen LogP contribution is -2.48. The molecule has 2 rings (SSSR count). The summed E-state index contributed by atoms with van der Waals surface area (Å²) < 4.78 is 39.0. The maximum Gasteiger partial charge on any atom is 0.428 e. The minimum absolute atomic E-state index is 0.484. The third-order valence-corrected chi connectivity index (χ3v) is 3.33. The molecule has 0 aliphatic carbocycles. The van der Waals surface area contributed by atoms with Gasteiger partial charge in [0, 0.05) is 5.56 Å². The number of hydrogen-bond acceptors (Lipinski definition) is 2. The summed E-state index contributed by atoms with van der Waals surface area (Å²) in [6.45, 7) is 0.721. The average Bonchev–Trinajstić information content (AvgIpc) is 2.46. The van der Waals surface area contributed by atoms with Crippen molar-refractivity contribution in [2.45, 2.75) is 18.7 Å². The van der Waals surface area contributed by atoms with E-state index in [-0.39, 0.29) is 0 Å². The lowest BCUT2D eigenvalue weighted by molar-refractivity contribution is -0.254. The summed E-state index contributed by atoms with van der Waals surface area (Å²) in [6.07, 6.45) is -5.06. The van der Waals surface area contributed by atoms with Gasteiger partial charge in [0.15, 0.2) is 5.78 Å². The molecule has 0 bridgehead atoms. The number of carbonyl (C=O) groups is 1. The molecule has 2 aromatic rings. The Kier molecular flexibility index (Phi) is 3.87. The van der Waals surface area contributed by atoms with Gasteiger partial charge in [-0.2, -0.15) is 13.2 Å². The van der Waals surface area contributed by atoms with E-state index in [1.54, 1.807) is 0 Å². The third kappa shape index (κ3) is 2.69. The number of Topliss-reactive ketones (excluding diaryl/α,β-unsaturated/α-hetero) is 1. The normalized spacial score (nSPS) is 14.5. The molecule has 0 spiro atoms. The van der Waals surface area contributed by atoms with Crippen molar-refractivity contribution in [1.82, 2.24) is 0 Å². The van der Waals surface area contributed by atoms with E-state index >= 15 is 0 Å². The van der Waals surface area contributed by atoms with Gasteiger partial charge >= 0.3 is 6.18 Å². The second-order valence-electron chi connectivity index (χ2n) is 4.71. The second-order valence-corrected chi connectivity index (χ2v) is 4.71. The van der Waals surface area contributed by atoms with Crippen molar-refractivity contribution in [2.24, 2.45) is 0 Å². The van der Waals surface area contributed by atoms with Gasteiger partial charge in [-0.3, -0.25) is 4.79 Å². The van der Waals surface area contributed by atoms with Crippen molar-refractivity contribution in [3.63, 3.8) is 0 Å². The van der Waals surface area contributed by atoms with Crippen LogP contribution in [0.25, 0.3) is 11.1 Å². The minimum Gasteiger partial charge on any atom is -0.370 e. The van der Waals surface area contributed by atoms with Crippen LogP contribution in [0.5, 0.6) is 0 Å². The molecular formula is C16H13F3O2. The number of aliphatic hydroxyl groups is 1. The second kappa shape index (κ2) is 5.33. The molecule has 0 radical (unpaired) electrons. The van der Waals surface area contributed by atoms with Crippen LogP contribution < -0.4 is 0 Å². The first-order valence-corrected chi connectivity index (χ1v) is 6.23. The van der Waals surface area contributed by atoms with E-state index in [0.29, 0.717) is 5.56 Å². The number of halogens is 3. The zero-order valence-electron chi connectivity index (χ0n) is 11.2. The monoisotopic (exact) mass is 294 g/mol. The molecule has 1 N–H and O–H groups in total. The molecule has 2 aromatic carbocycles. The van der Waals surface area contributed by atoms with Crippen LogP contribution in [0.3, 0.4) is 0 Å². The van der Waals surface area contributed by atoms with E-state index in [2.05, 4.69) is 0 Å². The van der Waals surface area contributed by atoms with Crippen LogP contribution in [0, 0.1) is 0 Å². The largest absolute Gasteiger partial charge is 0.428 e. The van der Waals surface area contributed by atoms with Crippen molar-refractivity contribution in [2.75, 3.05) is 0 Å². The fourth-order valence-corrected chi connectivity index (χ4v) is 2.10. The van der Waals surface area contributed by atoms with Gasteiger partial charge in [0.05, 0.1) is 0 Å². The van der Waals surface area contributed by atoms with Gasteiger partial charge in [0.1, 0.15) is 0 Å². The van der Waals surface area contributed by atoms with E-state index < -0.39 is 23.1 Å². The molecule has 0 heterocycles. The summed E-state index contributed by atoms with van der Waals surface area (Å²) in [7, 11) is 0. The predicted octanol–water partition coefficient (Wildman–Crippen LogP) is 3.69. The van der Waals surface area contributed by atoms with E-state index in [9.17, 15) is 23.1 Å². The van der Waals surface area contributed by atoms with Crippen molar-refractivity contribution in [1.29, 1.82) is 0 Å². The Labute approximate surface area is 119 Å². The van der Waals surface area contributed by atoms with Crippen molar-refractivity contribution in [3.05, 3.63) is 60.2 Å². The Morgan fingerprint density at radius 1 is 0.905 bits per heavy atom. The highest BCUT2D eigenvalue weighted by Gasteiger charge is 2.58. The van der Waals surface area contributed by atoms with Crippen LogP contribution in [0.2, 0.25) is 0 Å².